The molecule has 96 valence electrons. The van der Waals surface area contributed by atoms with Crippen LogP contribution >= 0.6 is 0 Å². The number of alkyl halides is 3. The van der Waals surface area contributed by atoms with Crippen molar-refractivity contribution in [1.29, 1.82) is 0 Å². The van der Waals surface area contributed by atoms with Gasteiger partial charge >= 0.3 is 5.92 Å². The lowest BCUT2D eigenvalue weighted by Crippen LogP contribution is -2.47. The van der Waals surface area contributed by atoms with E-state index in [-0.39, 0.29) is 26.3 Å². The second kappa shape index (κ2) is 7.45. The van der Waals surface area contributed by atoms with Crippen molar-refractivity contribution < 1.29 is 27.4 Å². The monoisotopic (exact) mass is 243 g/mol. The van der Waals surface area contributed by atoms with Gasteiger partial charge in [-0.3, -0.25) is 4.79 Å². The number of rotatable bonds is 8. The molecule has 0 saturated heterocycles. The molecule has 0 saturated carbocycles. The molecule has 0 aliphatic heterocycles. The summed E-state index contributed by atoms with van der Waals surface area (Å²) in [5, 5.41) is 0. The van der Waals surface area contributed by atoms with Crippen molar-refractivity contribution >= 4 is 5.91 Å². The van der Waals surface area contributed by atoms with Crippen LogP contribution in [0.15, 0.2) is 0 Å². The van der Waals surface area contributed by atoms with Gasteiger partial charge in [0.25, 0.3) is 5.91 Å². The molecular formula is C9H16F3NO3. The van der Waals surface area contributed by atoms with Gasteiger partial charge in [-0.05, 0) is 0 Å². The van der Waals surface area contributed by atoms with Crippen LogP contribution in [0.25, 0.3) is 0 Å². The minimum Gasteiger partial charge on any atom is -0.383 e. The minimum absolute atomic E-state index is 0.0196. The third-order valence-corrected chi connectivity index (χ3v) is 1.90. The van der Waals surface area contributed by atoms with Gasteiger partial charge in [0.2, 0.25) is 0 Å². The van der Waals surface area contributed by atoms with E-state index < -0.39 is 18.5 Å². The van der Waals surface area contributed by atoms with Crippen molar-refractivity contribution in [3.8, 4) is 0 Å². The van der Waals surface area contributed by atoms with Crippen LogP contribution in [0, 0.1) is 0 Å². The maximum absolute atomic E-state index is 12.8. The number of hydrogen-bond acceptors (Lipinski definition) is 3. The van der Waals surface area contributed by atoms with Gasteiger partial charge in [0.1, 0.15) is 0 Å². The van der Waals surface area contributed by atoms with Crippen molar-refractivity contribution in [2.45, 2.75) is 5.92 Å². The standard InChI is InChI=1S/C9H16F3NO3/c1-15-5-3-13(4-6-16-2)8(14)9(11,12)7-10/h3-7H2,1-2H3. The second-order valence-electron chi connectivity index (χ2n) is 3.12. The van der Waals surface area contributed by atoms with Crippen LogP contribution in [0.3, 0.4) is 0 Å². The molecule has 0 aliphatic carbocycles. The summed E-state index contributed by atoms with van der Waals surface area (Å²) < 4.78 is 46.9. The summed E-state index contributed by atoms with van der Waals surface area (Å²) >= 11 is 0. The maximum Gasteiger partial charge on any atom is 0.352 e. The first-order valence-electron chi connectivity index (χ1n) is 4.70. The Kier molecular flexibility index (Phi) is 7.07. The van der Waals surface area contributed by atoms with Gasteiger partial charge in [0.15, 0.2) is 6.67 Å². The number of amides is 1. The van der Waals surface area contributed by atoms with Gasteiger partial charge in [-0.1, -0.05) is 0 Å². The Morgan fingerprint density at radius 3 is 1.94 bits per heavy atom. The average Bonchev–Trinajstić information content (AvgIpc) is 2.28. The van der Waals surface area contributed by atoms with E-state index in [4.69, 9.17) is 0 Å². The summed E-state index contributed by atoms with van der Waals surface area (Å²) in [6, 6.07) is 0. The molecule has 0 fully saturated rings. The Morgan fingerprint density at radius 1 is 1.19 bits per heavy atom. The van der Waals surface area contributed by atoms with Crippen LogP contribution in [0.4, 0.5) is 13.2 Å². The SMILES string of the molecule is COCCN(CCOC)C(=O)C(F)(F)CF. The third-order valence-electron chi connectivity index (χ3n) is 1.90. The predicted molar refractivity (Wildman–Crippen MR) is 51.3 cm³/mol. The highest BCUT2D eigenvalue weighted by molar-refractivity contribution is 5.83. The van der Waals surface area contributed by atoms with Crippen LogP contribution in [0.1, 0.15) is 0 Å². The largest absolute Gasteiger partial charge is 0.383 e. The first-order valence-corrected chi connectivity index (χ1v) is 4.70. The number of halogens is 3. The smallest absolute Gasteiger partial charge is 0.352 e. The average molecular weight is 243 g/mol. The molecule has 0 aromatic heterocycles. The van der Waals surface area contributed by atoms with E-state index in [1.54, 1.807) is 0 Å². The summed E-state index contributed by atoms with van der Waals surface area (Å²) in [5.41, 5.74) is 0. The predicted octanol–water partition coefficient (Wildman–Crippen LogP) is 0.713. The highest BCUT2D eigenvalue weighted by Gasteiger charge is 2.42. The molecule has 0 heterocycles. The molecule has 0 aliphatic rings. The van der Waals surface area contributed by atoms with E-state index in [2.05, 4.69) is 9.47 Å². The number of ether oxygens (including phenoxy) is 2. The lowest BCUT2D eigenvalue weighted by molar-refractivity contribution is -0.160. The maximum atomic E-state index is 12.8. The molecule has 0 rings (SSSR count). The lowest BCUT2D eigenvalue weighted by Gasteiger charge is -2.25. The van der Waals surface area contributed by atoms with Gasteiger partial charge < -0.3 is 14.4 Å². The van der Waals surface area contributed by atoms with Crippen molar-refractivity contribution in [2.75, 3.05) is 47.2 Å². The van der Waals surface area contributed by atoms with E-state index >= 15 is 0 Å². The molecule has 0 bridgehead atoms. The number of carbonyl (C=O) groups is 1. The van der Waals surface area contributed by atoms with Gasteiger partial charge in [0.05, 0.1) is 13.2 Å². The molecule has 0 aromatic rings. The minimum atomic E-state index is -3.97. The zero-order valence-electron chi connectivity index (χ0n) is 9.34. The van der Waals surface area contributed by atoms with Crippen molar-refractivity contribution in [3.63, 3.8) is 0 Å². The Hall–Kier alpha value is -0.820. The normalized spacial score (nSPS) is 11.6. The fourth-order valence-electron chi connectivity index (χ4n) is 1.01. The second-order valence-corrected chi connectivity index (χ2v) is 3.12. The summed E-state index contributed by atoms with van der Waals surface area (Å²) in [7, 11) is 2.76. The Balaban J connectivity index is 4.42. The Bertz CT molecular complexity index is 206. The van der Waals surface area contributed by atoms with Gasteiger partial charge in [-0.2, -0.15) is 8.78 Å². The van der Waals surface area contributed by atoms with E-state index in [0.717, 1.165) is 4.90 Å². The molecule has 0 unspecified atom stereocenters. The van der Waals surface area contributed by atoms with E-state index in [1.165, 1.54) is 14.2 Å². The molecule has 0 spiro atoms. The van der Waals surface area contributed by atoms with E-state index in [9.17, 15) is 18.0 Å². The summed E-state index contributed by atoms with van der Waals surface area (Å²) in [6.07, 6.45) is 0. The van der Waals surface area contributed by atoms with Crippen molar-refractivity contribution in [3.05, 3.63) is 0 Å². The number of methoxy groups -OCH3 is 2. The summed E-state index contributed by atoms with van der Waals surface area (Å²) in [6.45, 7) is -1.82. The zero-order chi connectivity index (χ0) is 12.6. The van der Waals surface area contributed by atoms with Crippen molar-refractivity contribution in [1.82, 2.24) is 4.90 Å². The number of hydrogen-bond donors (Lipinski definition) is 0. The van der Waals surface area contributed by atoms with Crippen LogP contribution in [0.2, 0.25) is 0 Å². The molecule has 0 radical (unpaired) electrons. The first kappa shape index (κ1) is 15.2. The quantitative estimate of drug-likeness (QED) is 0.630. The fraction of sp³-hybridized carbons (Fsp3) is 0.889. The van der Waals surface area contributed by atoms with Gasteiger partial charge in [-0.25, -0.2) is 4.39 Å². The molecule has 16 heavy (non-hydrogen) atoms. The highest BCUT2D eigenvalue weighted by Crippen LogP contribution is 2.17. The van der Waals surface area contributed by atoms with Crippen LogP contribution in [0.5, 0.6) is 0 Å². The zero-order valence-corrected chi connectivity index (χ0v) is 9.34. The summed E-state index contributed by atoms with van der Waals surface area (Å²) in [4.78, 5) is 12.1. The molecular weight excluding hydrogens is 227 g/mol. The topological polar surface area (TPSA) is 38.8 Å². The van der Waals surface area contributed by atoms with Gasteiger partial charge in [0, 0.05) is 27.3 Å². The Morgan fingerprint density at radius 2 is 1.62 bits per heavy atom. The van der Waals surface area contributed by atoms with Crippen molar-refractivity contribution in [2.24, 2.45) is 0 Å². The van der Waals surface area contributed by atoms with E-state index in [1.807, 2.05) is 0 Å². The summed E-state index contributed by atoms with van der Waals surface area (Å²) in [5.74, 6) is -5.51. The first-order chi connectivity index (χ1) is 7.49. The molecule has 4 nitrogen and oxygen atoms in total. The molecule has 1 amide bonds. The Labute approximate surface area is 92.3 Å². The van der Waals surface area contributed by atoms with Crippen LogP contribution < -0.4 is 0 Å². The van der Waals surface area contributed by atoms with Crippen LogP contribution in [-0.4, -0.2) is 63.9 Å². The molecule has 7 heteroatoms. The molecule has 0 N–H and O–H groups in total. The highest BCUT2D eigenvalue weighted by atomic mass is 19.3. The molecule has 0 aromatic carbocycles. The molecule has 0 atom stereocenters. The van der Waals surface area contributed by atoms with E-state index in [0.29, 0.717) is 0 Å². The lowest BCUT2D eigenvalue weighted by atomic mass is 10.3. The fourth-order valence-corrected chi connectivity index (χ4v) is 1.01. The third kappa shape index (κ3) is 4.80. The number of carbonyl (C=O) groups excluding carboxylic acids is 1. The number of nitrogens with zero attached hydrogens (tertiary/aromatic N) is 1. The van der Waals surface area contributed by atoms with Crippen LogP contribution in [-0.2, 0) is 14.3 Å². The van der Waals surface area contributed by atoms with Gasteiger partial charge in [-0.15, -0.1) is 0 Å².